The molecule has 3 aromatic heterocycles. The standard InChI is InChI=1S/C27H27Cl2N7O2/c1-16(25-20(28)14-30-15-21(25)29)38-18-3-5-22-19(13-18)26(34-33-22)27-31-23-4-2-17(12-24(23)32-27)36-8-6-35(7-9-36)10-11-37/h2-5,12-16,37H,6-11H2,1H3,(H,31,32)(H,33,34). The first kappa shape index (κ1) is 24.9. The van der Waals surface area contributed by atoms with Crippen LogP contribution in [0.3, 0.4) is 0 Å². The van der Waals surface area contributed by atoms with Crippen molar-refractivity contribution in [2.45, 2.75) is 13.0 Å². The van der Waals surface area contributed by atoms with Crippen LogP contribution in [0.1, 0.15) is 18.6 Å². The van der Waals surface area contributed by atoms with E-state index in [4.69, 9.17) is 32.9 Å². The molecule has 11 heteroatoms. The molecule has 2 aromatic carbocycles. The molecule has 1 aliphatic rings. The smallest absolute Gasteiger partial charge is 0.159 e. The summed E-state index contributed by atoms with van der Waals surface area (Å²) in [5.41, 5.74) is 5.27. The second kappa shape index (κ2) is 10.4. The lowest BCUT2D eigenvalue weighted by Gasteiger charge is -2.35. The number of H-pyrrole nitrogens is 2. The van der Waals surface area contributed by atoms with Gasteiger partial charge >= 0.3 is 0 Å². The van der Waals surface area contributed by atoms with E-state index >= 15 is 0 Å². The van der Waals surface area contributed by atoms with Gasteiger partial charge in [0.1, 0.15) is 17.5 Å². The summed E-state index contributed by atoms with van der Waals surface area (Å²) in [5.74, 6) is 1.34. The van der Waals surface area contributed by atoms with E-state index in [1.165, 1.54) is 0 Å². The minimum Gasteiger partial charge on any atom is -0.486 e. The van der Waals surface area contributed by atoms with Gasteiger partial charge in [-0.3, -0.25) is 15.0 Å². The van der Waals surface area contributed by atoms with Crippen LogP contribution in [0.15, 0.2) is 48.8 Å². The summed E-state index contributed by atoms with van der Waals surface area (Å²) in [6.07, 6.45) is 2.75. The van der Waals surface area contributed by atoms with Crippen molar-refractivity contribution in [3.63, 3.8) is 0 Å². The molecule has 3 N–H and O–H groups in total. The number of aromatic amines is 2. The van der Waals surface area contributed by atoms with Gasteiger partial charge in [0.2, 0.25) is 0 Å². The number of nitrogens with zero attached hydrogens (tertiary/aromatic N) is 5. The maximum Gasteiger partial charge on any atom is 0.159 e. The number of piperazine rings is 1. The first-order valence-corrected chi connectivity index (χ1v) is 13.3. The van der Waals surface area contributed by atoms with Crippen molar-refractivity contribution in [2.75, 3.05) is 44.2 Å². The average Bonchev–Trinajstić information content (AvgIpc) is 3.52. The fourth-order valence-electron chi connectivity index (χ4n) is 5.00. The zero-order valence-electron chi connectivity index (χ0n) is 20.8. The molecule has 1 aliphatic heterocycles. The van der Waals surface area contributed by atoms with Crippen molar-refractivity contribution < 1.29 is 9.84 Å². The van der Waals surface area contributed by atoms with Crippen LogP contribution in [0.5, 0.6) is 5.75 Å². The van der Waals surface area contributed by atoms with Crippen molar-refractivity contribution in [3.8, 4) is 17.3 Å². The van der Waals surface area contributed by atoms with Crippen molar-refractivity contribution in [1.82, 2.24) is 30.0 Å². The molecule has 0 spiro atoms. The third-order valence-corrected chi connectivity index (χ3v) is 7.59. The lowest BCUT2D eigenvalue weighted by atomic mass is 10.1. The van der Waals surface area contributed by atoms with Crippen molar-refractivity contribution in [1.29, 1.82) is 0 Å². The Morgan fingerprint density at radius 1 is 1.03 bits per heavy atom. The monoisotopic (exact) mass is 551 g/mol. The molecule has 6 rings (SSSR count). The summed E-state index contributed by atoms with van der Waals surface area (Å²) < 4.78 is 6.20. The highest BCUT2D eigenvalue weighted by molar-refractivity contribution is 6.35. The second-order valence-corrected chi connectivity index (χ2v) is 10.2. The topological polar surface area (TPSA) is 106 Å². The van der Waals surface area contributed by atoms with E-state index < -0.39 is 0 Å². The number of imidazole rings is 1. The number of fused-ring (bicyclic) bond motifs is 2. The molecule has 9 nitrogen and oxygen atoms in total. The quantitative estimate of drug-likeness (QED) is 0.259. The summed E-state index contributed by atoms with van der Waals surface area (Å²) >= 11 is 12.6. The average molecular weight is 552 g/mol. The fraction of sp³-hybridized carbons (Fsp3) is 0.296. The first-order chi connectivity index (χ1) is 18.5. The second-order valence-electron chi connectivity index (χ2n) is 9.40. The molecule has 1 unspecified atom stereocenters. The third-order valence-electron chi connectivity index (χ3n) is 6.99. The molecule has 38 heavy (non-hydrogen) atoms. The van der Waals surface area contributed by atoms with Crippen LogP contribution in [0.4, 0.5) is 5.69 Å². The van der Waals surface area contributed by atoms with E-state index in [9.17, 15) is 5.11 Å². The number of hydrogen-bond donors (Lipinski definition) is 3. The van der Waals surface area contributed by atoms with Crippen LogP contribution in [-0.2, 0) is 0 Å². The first-order valence-electron chi connectivity index (χ1n) is 12.5. The molecule has 0 aliphatic carbocycles. The van der Waals surface area contributed by atoms with E-state index in [-0.39, 0.29) is 12.7 Å². The number of hydrogen-bond acceptors (Lipinski definition) is 7. The van der Waals surface area contributed by atoms with Gasteiger partial charge in [-0.25, -0.2) is 4.98 Å². The van der Waals surface area contributed by atoms with Crippen molar-refractivity contribution in [3.05, 3.63) is 64.4 Å². The predicted molar refractivity (Wildman–Crippen MR) is 150 cm³/mol. The van der Waals surface area contributed by atoms with Gasteiger partial charge in [0.25, 0.3) is 0 Å². The number of pyridine rings is 1. The minimum atomic E-state index is -0.374. The van der Waals surface area contributed by atoms with E-state index in [1.54, 1.807) is 12.4 Å². The van der Waals surface area contributed by atoms with Gasteiger partial charge in [0.05, 0.1) is 33.2 Å². The summed E-state index contributed by atoms with van der Waals surface area (Å²) in [7, 11) is 0. The Balaban J connectivity index is 1.26. The summed E-state index contributed by atoms with van der Waals surface area (Å²) in [4.78, 5) is 16.9. The van der Waals surface area contributed by atoms with Crippen LogP contribution < -0.4 is 9.64 Å². The molecule has 0 radical (unpaired) electrons. The SMILES string of the molecule is CC(Oc1ccc2[nH]nc(-c3nc4ccc(N5CCN(CCO)CC5)cc4[nH]3)c2c1)c1c(Cl)cncc1Cl. The predicted octanol–water partition coefficient (Wildman–Crippen LogP) is 5.06. The van der Waals surface area contributed by atoms with Gasteiger partial charge in [-0.15, -0.1) is 0 Å². The number of aliphatic hydroxyl groups excluding tert-OH is 1. The molecule has 0 amide bonds. The van der Waals surface area contributed by atoms with Gasteiger partial charge in [0, 0.05) is 61.8 Å². The van der Waals surface area contributed by atoms with Crippen molar-refractivity contribution >= 4 is 50.8 Å². The lowest BCUT2D eigenvalue weighted by molar-refractivity contribution is 0.189. The highest BCUT2D eigenvalue weighted by atomic mass is 35.5. The molecule has 0 saturated carbocycles. The van der Waals surface area contributed by atoms with Crippen LogP contribution in [0.25, 0.3) is 33.5 Å². The Kier molecular flexibility index (Phi) is 6.84. The molecule has 4 heterocycles. The van der Waals surface area contributed by atoms with E-state index in [1.807, 2.05) is 31.2 Å². The maximum atomic E-state index is 9.19. The number of ether oxygens (including phenoxy) is 1. The van der Waals surface area contributed by atoms with Crippen LogP contribution in [-0.4, -0.2) is 74.5 Å². The number of aromatic nitrogens is 5. The Hall–Kier alpha value is -3.37. The summed E-state index contributed by atoms with van der Waals surface area (Å²) in [6, 6.07) is 12.0. The highest BCUT2D eigenvalue weighted by Gasteiger charge is 2.20. The van der Waals surface area contributed by atoms with Gasteiger partial charge in [-0.05, 0) is 43.3 Å². The number of anilines is 1. The zero-order valence-corrected chi connectivity index (χ0v) is 22.3. The molecule has 1 fully saturated rings. The molecule has 1 atom stereocenters. The number of aliphatic hydroxyl groups is 1. The Labute approximate surface area is 229 Å². The maximum absolute atomic E-state index is 9.19. The number of rotatable bonds is 7. The van der Waals surface area contributed by atoms with Gasteiger partial charge in [0.15, 0.2) is 5.82 Å². The van der Waals surface area contributed by atoms with Crippen molar-refractivity contribution in [2.24, 2.45) is 0 Å². The number of β-amino-alcohol motifs (C(OH)–C–C–N with tert-alkyl or cyclic N) is 1. The molecular weight excluding hydrogens is 525 g/mol. The Morgan fingerprint density at radius 3 is 2.58 bits per heavy atom. The fourth-order valence-corrected chi connectivity index (χ4v) is 5.67. The summed E-state index contributed by atoms with van der Waals surface area (Å²) in [5, 5.41) is 18.6. The van der Waals surface area contributed by atoms with Crippen LogP contribution in [0.2, 0.25) is 10.0 Å². The Bertz CT molecular complexity index is 1570. The molecular formula is C27H27Cl2N7O2. The van der Waals surface area contributed by atoms with Gasteiger partial charge < -0.3 is 19.7 Å². The van der Waals surface area contributed by atoms with Gasteiger partial charge in [-0.2, -0.15) is 5.10 Å². The third kappa shape index (κ3) is 4.78. The number of halogens is 2. The van der Waals surface area contributed by atoms with Crippen LogP contribution >= 0.6 is 23.2 Å². The zero-order chi connectivity index (χ0) is 26.2. The molecule has 1 saturated heterocycles. The lowest BCUT2D eigenvalue weighted by Crippen LogP contribution is -2.47. The highest BCUT2D eigenvalue weighted by Crippen LogP contribution is 2.35. The molecule has 196 valence electrons. The van der Waals surface area contributed by atoms with E-state index in [2.05, 4.69) is 42.1 Å². The number of nitrogens with one attached hydrogen (secondary N) is 2. The largest absolute Gasteiger partial charge is 0.486 e. The Morgan fingerprint density at radius 2 is 1.82 bits per heavy atom. The van der Waals surface area contributed by atoms with Gasteiger partial charge in [-0.1, -0.05) is 23.2 Å². The van der Waals surface area contributed by atoms with Crippen LogP contribution in [0, 0.1) is 0 Å². The summed E-state index contributed by atoms with van der Waals surface area (Å²) in [6.45, 7) is 6.55. The van der Waals surface area contributed by atoms with E-state index in [0.29, 0.717) is 32.9 Å². The molecule has 5 aromatic rings. The van der Waals surface area contributed by atoms with E-state index in [0.717, 1.165) is 60.3 Å². The number of benzene rings is 2. The normalized spacial score (nSPS) is 15.4. The molecule has 0 bridgehead atoms. The minimum absolute atomic E-state index is 0.199.